The average molecular weight is 340 g/mol. The van der Waals surface area contributed by atoms with Crippen LogP contribution in [0.15, 0.2) is 0 Å². The molecule has 0 saturated carbocycles. The monoisotopic (exact) mass is 339 g/mol. The van der Waals surface area contributed by atoms with Crippen molar-refractivity contribution in [3.63, 3.8) is 0 Å². The van der Waals surface area contributed by atoms with Gasteiger partial charge >= 0.3 is 5.97 Å². The Hall–Kier alpha value is 0.01000. The molecule has 0 aliphatic heterocycles. The fourth-order valence-corrected chi connectivity index (χ4v) is 2.06. The molecule has 5 heteroatoms. The van der Waals surface area contributed by atoms with Crippen LogP contribution in [0.25, 0.3) is 0 Å². The van der Waals surface area contributed by atoms with Gasteiger partial charge < -0.3 is 4.74 Å². The van der Waals surface area contributed by atoms with Gasteiger partial charge in [-0.15, -0.1) is 3.94 Å². The molecule has 0 heterocycles. The van der Waals surface area contributed by atoms with Gasteiger partial charge in [0.25, 0.3) is 0 Å². The van der Waals surface area contributed by atoms with Crippen LogP contribution in [-0.2, 0) is 9.53 Å². The van der Waals surface area contributed by atoms with Gasteiger partial charge in [-0.25, -0.2) is 0 Å². The van der Waals surface area contributed by atoms with Crippen LogP contribution in [0.1, 0.15) is 85.0 Å². The molecule has 126 valence electrons. The molecular weight excluding hydrogens is 309 g/mol. The summed E-state index contributed by atoms with van der Waals surface area (Å²) >= 11 is 11.3. The maximum Gasteiger partial charge on any atom is 0.305 e. The molecule has 0 rings (SSSR count). The van der Waals surface area contributed by atoms with E-state index in [1.165, 1.54) is 44.9 Å². The molecule has 0 atom stereocenters. The fraction of sp³-hybridized carbons (Fsp3) is 0.938. The van der Waals surface area contributed by atoms with Crippen molar-refractivity contribution in [3.05, 3.63) is 0 Å². The molecule has 0 N–H and O–H groups in total. The molecule has 0 aromatic heterocycles. The zero-order valence-corrected chi connectivity index (χ0v) is 15.3. The number of ether oxygens (including phenoxy) is 1. The first kappa shape index (κ1) is 21.0. The second-order valence-electron chi connectivity index (χ2n) is 6.28. The van der Waals surface area contributed by atoms with Gasteiger partial charge in [-0.3, -0.25) is 4.79 Å². The zero-order valence-electron chi connectivity index (χ0n) is 13.8. The normalized spacial score (nSPS) is 11.9. The van der Waals surface area contributed by atoms with E-state index in [1.54, 1.807) is 0 Å². The van der Waals surface area contributed by atoms with Crippen LogP contribution in [0.5, 0.6) is 0 Å². The lowest BCUT2D eigenvalue weighted by atomic mass is 10.1. The largest absolute Gasteiger partial charge is 0.464 e. The Morgan fingerprint density at radius 3 is 1.90 bits per heavy atom. The highest BCUT2D eigenvalue weighted by Gasteiger charge is 2.26. The highest BCUT2D eigenvalue weighted by Crippen LogP contribution is 2.20. The maximum absolute atomic E-state index is 11.6. The van der Waals surface area contributed by atoms with Crippen molar-refractivity contribution in [1.82, 2.24) is 3.94 Å². The third-order valence-corrected chi connectivity index (χ3v) is 4.44. The van der Waals surface area contributed by atoms with Crippen molar-refractivity contribution in [2.75, 3.05) is 6.61 Å². The Balaban J connectivity index is 3.42. The molecule has 0 spiro atoms. The van der Waals surface area contributed by atoms with Gasteiger partial charge in [0.2, 0.25) is 0 Å². The van der Waals surface area contributed by atoms with E-state index in [0.717, 1.165) is 16.8 Å². The predicted molar refractivity (Wildman–Crippen MR) is 90.4 cm³/mol. The first-order valence-corrected chi connectivity index (χ1v) is 8.85. The number of hydrogen-bond acceptors (Lipinski definition) is 3. The molecule has 0 unspecified atom stereocenters. The summed E-state index contributed by atoms with van der Waals surface area (Å²) in [5.41, 5.74) is -0.558. The van der Waals surface area contributed by atoms with Crippen molar-refractivity contribution in [2.24, 2.45) is 0 Å². The maximum atomic E-state index is 11.6. The van der Waals surface area contributed by atoms with Gasteiger partial charge in [0.1, 0.15) is 6.61 Å². The number of rotatable bonds is 13. The Morgan fingerprint density at radius 1 is 0.952 bits per heavy atom. The third kappa shape index (κ3) is 12.3. The lowest BCUT2D eigenvalue weighted by Crippen LogP contribution is -2.37. The van der Waals surface area contributed by atoms with E-state index in [4.69, 9.17) is 28.3 Å². The molecule has 0 saturated heterocycles. The number of halogens is 2. The molecule has 0 bridgehead atoms. The van der Waals surface area contributed by atoms with E-state index in [1.807, 2.05) is 13.8 Å². The molecular formula is C16H31Cl2NO2. The zero-order chi connectivity index (χ0) is 16.1. The predicted octanol–water partition coefficient (Wildman–Crippen LogP) is 5.84. The van der Waals surface area contributed by atoms with Gasteiger partial charge in [0.05, 0.1) is 5.54 Å². The van der Waals surface area contributed by atoms with Gasteiger partial charge in [0.15, 0.2) is 0 Å². The summed E-state index contributed by atoms with van der Waals surface area (Å²) in [5.74, 6) is -0.166. The summed E-state index contributed by atoms with van der Waals surface area (Å²) < 4.78 is 6.22. The molecule has 0 aliphatic rings. The van der Waals surface area contributed by atoms with Crippen molar-refractivity contribution in [3.8, 4) is 0 Å². The van der Waals surface area contributed by atoms with Gasteiger partial charge in [-0.05, 0) is 43.8 Å². The quantitative estimate of drug-likeness (QED) is 0.240. The molecule has 0 aromatic rings. The Bertz CT molecular complexity index is 271. The molecule has 3 nitrogen and oxygen atoms in total. The van der Waals surface area contributed by atoms with Crippen LogP contribution in [-0.4, -0.2) is 22.1 Å². The minimum atomic E-state index is -0.558. The second kappa shape index (κ2) is 12.5. The lowest BCUT2D eigenvalue weighted by molar-refractivity contribution is -0.146. The van der Waals surface area contributed by atoms with Crippen molar-refractivity contribution < 1.29 is 9.53 Å². The standard InChI is InChI=1S/C16H31Cl2NO2/c1-4-5-6-7-8-9-10-11-12-13-15(20)21-14-16(2,3)19(17)18/h4-14H2,1-3H3. The highest BCUT2D eigenvalue weighted by molar-refractivity contribution is 6.34. The van der Waals surface area contributed by atoms with E-state index < -0.39 is 5.54 Å². The average Bonchev–Trinajstić information content (AvgIpc) is 2.43. The van der Waals surface area contributed by atoms with E-state index in [-0.39, 0.29) is 12.6 Å². The fourth-order valence-electron chi connectivity index (χ4n) is 1.96. The molecule has 0 fully saturated rings. The number of unbranched alkanes of at least 4 members (excludes halogenated alkanes) is 8. The molecule has 0 aliphatic carbocycles. The van der Waals surface area contributed by atoms with Crippen molar-refractivity contribution >= 4 is 29.5 Å². The van der Waals surface area contributed by atoms with Gasteiger partial charge in [0, 0.05) is 6.42 Å². The van der Waals surface area contributed by atoms with Crippen molar-refractivity contribution in [2.45, 2.75) is 90.5 Å². The van der Waals surface area contributed by atoms with Crippen LogP contribution < -0.4 is 0 Å². The van der Waals surface area contributed by atoms with Gasteiger partial charge in [-0.2, -0.15) is 0 Å². The Labute approximate surface area is 140 Å². The van der Waals surface area contributed by atoms with Crippen LogP contribution >= 0.6 is 23.6 Å². The minimum absolute atomic E-state index is 0.166. The summed E-state index contributed by atoms with van der Waals surface area (Å²) in [7, 11) is 0. The van der Waals surface area contributed by atoms with Crippen molar-refractivity contribution in [1.29, 1.82) is 0 Å². The van der Waals surface area contributed by atoms with E-state index >= 15 is 0 Å². The number of esters is 1. The van der Waals surface area contributed by atoms with E-state index in [0.29, 0.717) is 6.42 Å². The summed E-state index contributed by atoms with van der Waals surface area (Å²) in [6.45, 7) is 6.08. The van der Waals surface area contributed by atoms with Crippen LogP contribution in [0.4, 0.5) is 0 Å². The summed E-state index contributed by atoms with van der Waals surface area (Å²) in [5, 5.41) is 0. The highest BCUT2D eigenvalue weighted by atomic mass is 35.5. The number of carbonyl (C=O) groups excluding carboxylic acids is 1. The topological polar surface area (TPSA) is 29.5 Å². The molecule has 0 aromatic carbocycles. The molecule has 0 amide bonds. The molecule has 21 heavy (non-hydrogen) atoms. The lowest BCUT2D eigenvalue weighted by Gasteiger charge is -2.26. The number of carbonyl (C=O) groups is 1. The minimum Gasteiger partial charge on any atom is -0.464 e. The Morgan fingerprint density at radius 2 is 1.43 bits per heavy atom. The first-order chi connectivity index (χ1) is 9.90. The summed E-state index contributed by atoms with van der Waals surface area (Å²) in [6, 6.07) is 0. The first-order valence-electron chi connectivity index (χ1n) is 8.17. The SMILES string of the molecule is CCCCCCCCCCCC(=O)OCC(C)(C)N(Cl)Cl. The van der Waals surface area contributed by atoms with E-state index in [2.05, 4.69) is 6.92 Å². The smallest absolute Gasteiger partial charge is 0.305 e. The van der Waals surface area contributed by atoms with Crippen LogP contribution in [0.3, 0.4) is 0 Å². The van der Waals surface area contributed by atoms with Gasteiger partial charge in [-0.1, -0.05) is 58.3 Å². The third-order valence-electron chi connectivity index (χ3n) is 3.53. The number of nitrogens with zero attached hydrogens (tertiary/aromatic N) is 1. The Kier molecular flexibility index (Phi) is 12.5. The number of hydrogen-bond donors (Lipinski definition) is 0. The second-order valence-corrected chi connectivity index (χ2v) is 7.13. The summed E-state index contributed by atoms with van der Waals surface area (Å²) in [4.78, 5) is 11.6. The van der Waals surface area contributed by atoms with E-state index in [9.17, 15) is 4.79 Å². The summed E-state index contributed by atoms with van der Waals surface area (Å²) in [6.07, 6.45) is 11.6. The van der Waals surface area contributed by atoms with Crippen LogP contribution in [0.2, 0.25) is 0 Å². The van der Waals surface area contributed by atoms with Crippen LogP contribution in [0, 0.1) is 0 Å². The molecule has 0 radical (unpaired) electrons.